The number of allylic oxidation sites excluding steroid dienone is 1. The van der Waals surface area contributed by atoms with Crippen LogP contribution < -0.4 is 5.73 Å². The first-order valence-corrected chi connectivity index (χ1v) is 5.88. The molecule has 2 atom stereocenters. The number of hydrogen-bond acceptors (Lipinski definition) is 5. The lowest BCUT2D eigenvalue weighted by Gasteiger charge is -2.48. The summed E-state index contributed by atoms with van der Waals surface area (Å²) in [7, 11) is 0. The van der Waals surface area contributed by atoms with Crippen LogP contribution in [0.5, 0.6) is 0 Å². The lowest BCUT2D eigenvalue weighted by molar-refractivity contribution is -0.164. The molecular weight excluding hydrogens is 236 g/mol. The lowest BCUT2D eigenvalue weighted by Crippen LogP contribution is -2.71. The van der Waals surface area contributed by atoms with Gasteiger partial charge in [0.05, 0.1) is 6.04 Å². The minimum absolute atomic E-state index is 0.174. The highest BCUT2D eigenvalue weighted by molar-refractivity contribution is 6.00. The summed E-state index contributed by atoms with van der Waals surface area (Å²) in [5, 5.41) is 0. The Kier molecular flexibility index (Phi) is 2.85. The van der Waals surface area contributed by atoms with E-state index in [1.165, 1.54) is 4.90 Å². The zero-order valence-corrected chi connectivity index (χ0v) is 11.0. The first-order valence-electron chi connectivity index (χ1n) is 5.88. The number of β-lactam (4-membered cyclic amide) rings is 1. The molecule has 100 valence electrons. The van der Waals surface area contributed by atoms with E-state index < -0.39 is 17.6 Å². The average Bonchev–Trinajstić information content (AvgIpc) is 2.25. The molecule has 2 heterocycles. The fraction of sp³-hybridized carbons (Fsp3) is 0.667. The topological polar surface area (TPSA) is 81.9 Å². The van der Waals surface area contributed by atoms with Gasteiger partial charge in [-0.3, -0.25) is 9.69 Å². The highest BCUT2D eigenvalue weighted by atomic mass is 16.6. The summed E-state index contributed by atoms with van der Waals surface area (Å²) in [6, 6.07) is -0.848. The second kappa shape index (κ2) is 3.98. The molecule has 0 bridgehead atoms. The number of ether oxygens (including phenoxy) is 2. The van der Waals surface area contributed by atoms with E-state index in [-0.39, 0.29) is 17.6 Å². The number of hydrogen-bond donors (Lipinski definition) is 1. The largest absolute Gasteiger partial charge is 0.494 e. The molecule has 2 N–H and O–H groups in total. The molecule has 0 aromatic carbocycles. The van der Waals surface area contributed by atoms with Crippen molar-refractivity contribution in [3.05, 3.63) is 11.5 Å². The fourth-order valence-corrected chi connectivity index (χ4v) is 2.04. The standard InChI is InChI=1S/C12H18N2O4/c1-6-9(11(16)18-12(2,3)4)14-7(5-17-6)8(13)10(14)15/h7-8H,5,13H2,1-4H3/t7-,8+/m1/s1. The summed E-state index contributed by atoms with van der Waals surface area (Å²) in [5.74, 6) is -0.408. The number of rotatable bonds is 1. The molecule has 0 spiro atoms. The van der Waals surface area contributed by atoms with Crippen LogP contribution in [-0.2, 0) is 19.1 Å². The Hall–Kier alpha value is -1.56. The van der Waals surface area contributed by atoms with Crippen LogP contribution in [0, 0.1) is 0 Å². The Bertz CT molecular complexity index is 436. The van der Waals surface area contributed by atoms with Crippen molar-refractivity contribution >= 4 is 11.9 Å². The molecule has 2 aliphatic rings. The predicted octanol–water partition coefficient (Wildman–Crippen LogP) is 0.128. The molecule has 18 heavy (non-hydrogen) atoms. The molecule has 0 aromatic rings. The van der Waals surface area contributed by atoms with Crippen LogP contribution in [0.3, 0.4) is 0 Å². The van der Waals surface area contributed by atoms with Crippen molar-refractivity contribution in [3.63, 3.8) is 0 Å². The van der Waals surface area contributed by atoms with E-state index >= 15 is 0 Å². The zero-order chi connectivity index (χ0) is 13.7. The molecule has 0 saturated carbocycles. The van der Waals surface area contributed by atoms with Gasteiger partial charge in [0.1, 0.15) is 24.0 Å². The maximum absolute atomic E-state index is 12.1. The van der Waals surface area contributed by atoms with Crippen LogP contribution in [-0.4, -0.2) is 41.1 Å². The third-order valence-electron chi connectivity index (χ3n) is 2.91. The lowest BCUT2D eigenvalue weighted by atomic mass is 9.94. The Morgan fingerprint density at radius 1 is 1.50 bits per heavy atom. The van der Waals surface area contributed by atoms with Gasteiger partial charge in [-0.15, -0.1) is 0 Å². The third-order valence-corrected chi connectivity index (χ3v) is 2.91. The maximum Gasteiger partial charge on any atom is 0.359 e. The SMILES string of the molecule is CC1=C(C(=O)OC(C)(C)C)N2C(=O)[C@@H](N)[C@H]2CO1. The van der Waals surface area contributed by atoms with Crippen LogP contribution in [0.2, 0.25) is 0 Å². The van der Waals surface area contributed by atoms with Crippen LogP contribution in [0.4, 0.5) is 0 Å². The molecule has 0 aromatic heterocycles. The smallest absolute Gasteiger partial charge is 0.359 e. The third kappa shape index (κ3) is 1.96. The van der Waals surface area contributed by atoms with Gasteiger partial charge >= 0.3 is 5.97 Å². The molecule has 1 fully saturated rings. The van der Waals surface area contributed by atoms with Gasteiger partial charge < -0.3 is 15.2 Å². The first-order chi connectivity index (χ1) is 8.22. The average molecular weight is 254 g/mol. The van der Waals surface area contributed by atoms with Crippen LogP contribution >= 0.6 is 0 Å². The van der Waals surface area contributed by atoms with Gasteiger partial charge in [0, 0.05) is 0 Å². The van der Waals surface area contributed by atoms with Gasteiger partial charge in [-0.2, -0.15) is 0 Å². The minimum atomic E-state index is -0.618. The van der Waals surface area contributed by atoms with Crippen LogP contribution in [0.15, 0.2) is 11.5 Å². The summed E-state index contributed by atoms with van der Waals surface area (Å²) in [6.07, 6.45) is 0. The second-order valence-electron chi connectivity index (χ2n) is 5.52. The van der Waals surface area contributed by atoms with E-state index in [9.17, 15) is 9.59 Å². The molecule has 1 amide bonds. The van der Waals surface area contributed by atoms with E-state index in [1.807, 2.05) is 0 Å². The van der Waals surface area contributed by atoms with Crippen LogP contribution in [0.1, 0.15) is 27.7 Å². The van der Waals surface area contributed by atoms with Crippen molar-refractivity contribution in [2.24, 2.45) is 5.73 Å². The number of carbonyl (C=O) groups excluding carboxylic acids is 2. The minimum Gasteiger partial charge on any atom is -0.494 e. The van der Waals surface area contributed by atoms with Gasteiger partial charge in [-0.25, -0.2) is 4.79 Å². The molecule has 0 aliphatic carbocycles. The Morgan fingerprint density at radius 3 is 2.67 bits per heavy atom. The van der Waals surface area contributed by atoms with Crippen molar-refractivity contribution in [1.29, 1.82) is 0 Å². The van der Waals surface area contributed by atoms with E-state index in [2.05, 4.69) is 0 Å². The van der Waals surface area contributed by atoms with E-state index in [0.717, 1.165) is 0 Å². The zero-order valence-electron chi connectivity index (χ0n) is 11.0. The van der Waals surface area contributed by atoms with E-state index in [4.69, 9.17) is 15.2 Å². The van der Waals surface area contributed by atoms with Gasteiger partial charge in [0.2, 0.25) is 5.91 Å². The Morgan fingerprint density at radius 2 is 2.11 bits per heavy atom. The number of nitrogens with zero attached hydrogens (tertiary/aromatic N) is 1. The number of carbonyl (C=O) groups is 2. The fourth-order valence-electron chi connectivity index (χ4n) is 2.04. The summed E-state index contributed by atoms with van der Waals surface area (Å²) in [6.45, 7) is 7.28. The summed E-state index contributed by atoms with van der Waals surface area (Å²) in [4.78, 5) is 25.2. The van der Waals surface area contributed by atoms with Crippen molar-refractivity contribution in [3.8, 4) is 0 Å². The highest BCUT2D eigenvalue weighted by Gasteiger charge is 2.52. The monoisotopic (exact) mass is 254 g/mol. The highest BCUT2D eigenvalue weighted by Crippen LogP contribution is 2.32. The normalized spacial score (nSPS) is 27.4. The van der Waals surface area contributed by atoms with E-state index in [1.54, 1.807) is 27.7 Å². The summed E-state index contributed by atoms with van der Waals surface area (Å²) < 4.78 is 10.7. The van der Waals surface area contributed by atoms with Crippen molar-refractivity contribution in [1.82, 2.24) is 4.90 Å². The quantitative estimate of drug-likeness (QED) is 0.531. The molecule has 6 heteroatoms. The number of nitrogens with two attached hydrogens (primary N) is 1. The summed E-state index contributed by atoms with van der Waals surface area (Å²) >= 11 is 0. The molecule has 0 radical (unpaired) electrons. The van der Waals surface area contributed by atoms with Gasteiger partial charge in [0.25, 0.3) is 0 Å². The maximum atomic E-state index is 12.1. The van der Waals surface area contributed by atoms with Crippen molar-refractivity contribution < 1.29 is 19.1 Å². The first kappa shape index (κ1) is 12.9. The van der Waals surface area contributed by atoms with Crippen molar-refractivity contribution in [2.45, 2.75) is 45.4 Å². The molecular formula is C12H18N2O4. The molecule has 0 unspecified atom stereocenters. The van der Waals surface area contributed by atoms with Gasteiger partial charge in [0.15, 0.2) is 5.70 Å². The van der Waals surface area contributed by atoms with Crippen molar-refractivity contribution in [2.75, 3.05) is 6.61 Å². The Labute approximate surface area is 106 Å². The Balaban J connectivity index is 2.25. The number of fused-ring (bicyclic) bond motifs is 1. The van der Waals surface area contributed by atoms with Crippen LogP contribution in [0.25, 0.3) is 0 Å². The van der Waals surface area contributed by atoms with Gasteiger partial charge in [-0.05, 0) is 27.7 Å². The molecule has 2 rings (SSSR count). The second-order valence-corrected chi connectivity index (χ2v) is 5.52. The molecule has 2 aliphatic heterocycles. The van der Waals surface area contributed by atoms with Gasteiger partial charge in [-0.1, -0.05) is 0 Å². The summed E-state index contributed by atoms with van der Waals surface area (Å²) in [5.41, 5.74) is 5.22. The predicted molar refractivity (Wildman–Crippen MR) is 63.1 cm³/mol. The molecule has 1 saturated heterocycles. The number of esters is 1. The molecule has 6 nitrogen and oxygen atoms in total. The number of amides is 1. The van der Waals surface area contributed by atoms with E-state index in [0.29, 0.717) is 12.4 Å².